The lowest BCUT2D eigenvalue weighted by molar-refractivity contribution is 0.0571. The molecule has 4 nitrogen and oxygen atoms in total. The van der Waals surface area contributed by atoms with E-state index >= 15 is 0 Å². The van der Waals surface area contributed by atoms with Crippen LogP contribution in [0.2, 0.25) is 0 Å². The highest BCUT2D eigenvalue weighted by atomic mass is 35.5. The number of amides is 1. The van der Waals surface area contributed by atoms with Crippen LogP contribution in [-0.2, 0) is 7.05 Å². The van der Waals surface area contributed by atoms with Crippen LogP contribution in [0.1, 0.15) is 36.2 Å². The minimum Gasteiger partial charge on any atom is -0.334 e. The van der Waals surface area contributed by atoms with E-state index in [-0.39, 0.29) is 5.91 Å². The monoisotopic (exact) mass is 255 g/mol. The number of hydrogen-bond donors (Lipinski definition) is 0. The molecular weight excluding hydrogens is 238 g/mol. The molecule has 5 heteroatoms. The van der Waals surface area contributed by atoms with Gasteiger partial charge in [-0.15, -0.1) is 11.6 Å². The summed E-state index contributed by atoms with van der Waals surface area (Å²) in [6.07, 6.45) is 7.60. The maximum Gasteiger partial charge on any atom is 0.272 e. The van der Waals surface area contributed by atoms with E-state index in [1.165, 1.54) is 6.42 Å². The minimum absolute atomic E-state index is 0.0832. The number of nitrogens with zero attached hydrogens (tertiary/aromatic N) is 3. The molecule has 1 aromatic heterocycles. The highest BCUT2D eigenvalue weighted by Crippen LogP contribution is 2.26. The summed E-state index contributed by atoms with van der Waals surface area (Å²) < 4.78 is 1.77. The summed E-state index contributed by atoms with van der Waals surface area (Å²) >= 11 is 5.72. The Morgan fingerprint density at radius 1 is 1.65 bits per heavy atom. The lowest BCUT2D eigenvalue weighted by Crippen LogP contribution is -2.45. The number of halogens is 1. The van der Waals surface area contributed by atoms with E-state index < -0.39 is 0 Å². The van der Waals surface area contributed by atoms with E-state index in [0.717, 1.165) is 25.8 Å². The van der Waals surface area contributed by atoms with Crippen molar-refractivity contribution in [2.24, 2.45) is 7.05 Å². The smallest absolute Gasteiger partial charge is 0.272 e. The summed E-state index contributed by atoms with van der Waals surface area (Å²) in [6, 6.07) is 0.403. The van der Waals surface area contributed by atoms with Gasteiger partial charge in [-0.05, 0) is 25.7 Å². The van der Waals surface area contributed by atoms with Crippen LogP contribution in [0.15, 0.2) is 12.5 Å². The van der Waals surface area contributed by atoms with Gasteiger partial charge in [0, 0.05) is 25.5 Å². The van der Waals surface area contributed by atoms with Crippen LogP contribution >= 0.6 is 11.6 Å². The molecule has 1 heterocycles. The van der Waals surface area contributed by atoms with Gasteiger partial charge >= 0.3 is 0 Å². The third-order valence-corrected chi connectivity index (χ3v) is 3.61. The Labute approximate surface area is 107 Å². The SMILES string of the molecule is Cn1cncc1C(=O)N(CCCCl)C1CCC1. The van der Waals surface area contributed by atoms with E-state index in [1.54, 1.807) is 17.1 Å². The Morgan fingerprint density at radius 3 is 2.88 bits per heavy atom. The Hall–Kier alpha value is -1.03. The summed E-state index contributed by atoms with van der Waals surface area (Å²) in [4.78, 5) is 18.3. The molecule has 0 N–H and O–H groups in total. The first-order valence-corrected chi connectivity index (χ1v) is 6.60. The molecular formula is C12H18ClN3O. The number of rotatable bonds is 5. The molecule has 1 aliphatic rings. The van der Waals surface area contributed by atoms with E-state index in [0.29, 0.717) is 17.6 Å². The van der Waals surface area contributed by atoms with Gasteiger partial charge in [0.2, 0.25) is 0 Å². The number of imidazole rings is 1. The van der Waals surface area contributed by atoms with Gasteiger partial charge in [-0.3, -0.25) is 4.79 Å². The second kappa shape index (κ2) is 5.54. The second-order valence-corrected chi connectivity index (χ2v) is 4.89. The van der Waals surface area contributed by atoms with Crippen LogP contribution in [0.5, 0.6) is 0 Å². The molecule has 0 radical (unpaired) electrons. The van der Waals surface area contributed by atoms with Crippen molar-refractivity contribution in [1.29, 1.82) is 0 Å². The molecule has 0 aliphatic heterocycles. The van der Waals surface area contributed by atoms with Crippen molar-refractivity contribution >= 4 is 17.5 Å². The highest BCUT2D eigenvalue weighted by Gasteiger charge is 2.29. The lowest BCUT2D eigenvalue weighted by atomic mass is 9.91. The van der Waals surface area contributed by atoms with Gasteiger partial charge in [-0.1, -0.05) is 0 Å². The number of aromatic nitrogens is 2. The Morgan fingerprint density at radius 2 is 2.41 bits per heavy atom. The summed E-state index contributed by atoms with van der Waals surface area (Å²) in [6.45, 7) is 0.748. The summed E-state index contributed by atoms with van der Waals surface area (Å²) in [5.41, 5.74) is 0.659. The predicted molar refractivity (Wildman–Crippen MR) is 67.2 cm³/mol. The average Bonchev–Trinajstić information content (AvgIpc) is 2.67. The molecule has 0 saturated heterocycles. The van der Waals surface area contributed by atoms with Gasteiger partial charge in [-0.2, -0.15) is 0 Å². The first-order valence-electron chi connectivity index (χ1n) is 6.07. The maximum atomic E-state index is 12.4. The summed E-state index contributed by atoms with van der Waals surface area (Å²) in [7, 11) is 1.85. The fourth-order valence-corrected chi connectivity index (χ4v) is 2.21. The standard InChI is InChI=1S/C12H18ClN3O/c1-15-9-14-8-11(15)12(17)16(7-3-6-13)10-4-2-5-10/h8-10H,2-7H2,1H3. The lowest BCUT2D eigenvalue weighted by Gasteiger charge is -2.37. The molecule has 1 aliphatic carbocycles. The van der Waals surface area contributed by atoms with Crippen molar-refractivity contribution in [2.45, 2.75) is 31.7 Å². The molecule has 0 atom stereocenters. The largest absolute Gasteiger partial charge is 0.334 e. The molecule has 0 unspecified atom stereocenters. The van der Waals surface area contributed by atoms with Crippen LogP contribution < -0.4 is 0 Å². The zero-order valence-corrected chi connectivity index (χ0v) is 10.9. The third kappa shape index (κ3) is 2.63. The minimum atomic E-state index is 0.0832. The van der Waals surface area contributed by atoms with Crippen molar-refractivity contribution < 1.29 is 4.79 Å². The molecule has 1 aromatic rings. The van der Waals surface area contributed by atoms with Gasteiger partial charge in [0.05, 0.1) is 12.5 Å². The zero-order valence-electron chi connectivity index (χ0n) is 10.1. The molecule has 0 aromatic carbocycles. The number of carbonyl (C=O) groups excluding carboxylic acids is 1. The van der Waals surface area contributed by atoms with E-state index in [4.69, 9.17) is 11.6 Å². The van der Waals surface area contributed by atoms with Crippen molar-refractivity contribution in [2.75, 3.05) is 12.4 Å². The average molecular weight is 256 g/mol. The van der Waals surface area contributed by atoms with Crippen LogP contribution in [0.3, 0.4) is 0 Å². The number of carbonyl (C=O) groups is 1. The predicted octanol–water partition coefficient (Wildman–Crippen LogP) is 2.04. The van der Waals surface area contributed by atoms with Crippen molar-refractivity contribution in [3.05, 3.63) is 18.2 Å². The highest BCUT2D eigenvalue weighted by molar-refractivity contribution is 6.17. The number of hydrogen-bond acceptors (Lipinski definition) is 2. The fraction of sp³-hybridized carbons (Fsp3) is 0.667. The van der Waals surface area contributed by atoms with E-state index in [9.17, 15) is 4.79 Å². The van der Waals surface area contributed by atoms with Gasteiger partial charge in [0.15, 0.2) is 0 Å². The first-order chi connectivity index (χ1) is 8.24. The van der Waals surface area contributed by atoms with Gasteiger partial charge in [0.25, 0.3) is 5.91 Å². The quantitative estimate of drug-likeness (QED) is 0.756. The molecule has 2 rings (SSSR count). The number of aryl methyl sites for hydroxylation is 1. The Kier molecular flexibility index (Phi) is 4.05. The van der Waals surface area contributed by atoms with Crippen LogP contribution in [0.25, 0.3) is 0 Å². The molecule has 0 spiro atoms. The van der Waals surface area contributed by atoms with Crippen molar-refractivity contribution in [1.82, 2.24) is 14.5 Å². The van der Waals surface area contributed by atoms with E-state index in [1.807, 2.05) is 11.9 Å². The molecule has 1 saturated carbocycles. The van der Waals surface area contributed by atoms with Crippen LogP contribution in [-0.4, -0.2) is 38.8 Å². The summed E-state index contributed by atoms with van der Waals surface area (Å²) in [5.74, 6) is 0.682. The van der Waals surface area contributed by atoms with Gasteiger partial charge in [-0.25, -0.2) is 4.98 Å². The number of alkyl halides is 1. The van der Waals surface area contributed by atoms with E-state index in [2.05, 4.69) is 4.98 Å². The van der Waals surface area contributed by atoms with Crippen molar-refractivity contribution in [3.8, 4) is 0 Å². The van der Waals surface area contributed by atoms with Crippen LogP contribution in [0.4, 0.5) is 0 Å². The molecule has 94 valence electrons. The Bertz CT molecular complexity index is 387. The normalized spacial score (nSPS) is 15.6. The first kappa shape index (κ1) is 12.4. The Balaban J connectivity index is 2.09. The zero-order chi connectivity index (χ0) is 12.3. The van der Waals surface area contributed by atoms with Crippen LogP contribution in [0, 0.1) is 0 Å². The summed E-state index contributed by atoms with van der Waals surface area (Å²) in [5, 5.41) is 0. The topological polar surface area (TPSA) is 38.1 Å². The molecule has 0 bridgehead atoms. The van der Waals surface area contributed by atoms with Crippen molar-refractivity contribution in [3.63, 3.8) is 0 Å². The molecule has 1 fully saturated rings. The molecule has 17 heavy (non-hydrogen) atoms. The molecule has 1 amide bonds. The maximum absolute atomic E-state index is 12.4. The fourth-order valence-electron chi connectivity index (χ4n) is 2.09. The third-order valence-electron chi connectivity index (χ3n) is 3.34. The van der Waals surface area contributed by atoms with Gasteiger partial charge in [0.1, 0.15) is 5.69 Å². The second-order valence-electron chi connectivity index (χ2n) is 4.52. The van der Waals surface area contributed by atoms with Gasteiger partial charge < -0.3 is 9.47 Å².